The molecule has 2 aromatic rings. The molecule has 1 aromatic heterocycles. The quantitative estimate of drug-likeness (QED) is 0.940. The number of hydrogen-bond donors (Lipinski definition) is 1. The van der Waals surface area contributed by atoms with Crippen LogP contribution in [0.25, 0.3) is 0 Å². The predicted molar refractivity (Wildman–Crippen MR) is 90.4 cm³/mol. The van der Waals surface area contributed by atoms with Crippen LogP contribution in [0.4, 0.5) is 0 Å². The van der Waals surface area contributed by atoms with Crippen molar-refractivity contribution in [2.75, 3.05) is 13.1 Å². The summed E-state index contributed by atoms with van der Waals surface area (Å²) >= 11 is 0. The second-order valence-corrected chi connectivity index (χ2v) is 6.31. The maximum absolute atomic E-state index is 12.4. The van der Waals surface area contributed by atoms with E-state index in [9.17, 15) is 9.59 Å². The number of furan rings is 1. The van der Waals surface area contributed by atoms with Crippen LogP contribution in [0.15, 0.2) is 47.3 Å². The fraction of sp³-hybridized carbons (Fsp3) is 0.368. The molecule has 1 atom stereocenters. The van der Waals surface area contributed by atoms with Gasteiger partial charge in [-0.3, -0.25) is 9.59 Å². The van der Waals surface area contributed by atoms with Crippen molar-refractivity contribution >= 4 is 11.8 Å². The van der Waals surface area contributed by atoms with Crippen LogP contribution in [0.1, 0.15) is 34.3 Å². The van der Waals surface area contributed by atoms with Crippen molar-refractivity contribution in [2.24, 2.45) is 5.92 Å². The Bertz CT molecular complexity index is 692. The molecule has 2 heterocycles. The minimum atomic E-state index is -0.153. The summed E-state index contributed by atoms with van der Waals surface area (Å²) in [5.41, 5.74) is 2.82. The first-order chi connectivity index (χ1) is 11.6. The van der Waals surface area contributed by atoms with Gasteiger partial charge in [0.05, 0.1) is 17.7 Å². The molecule has 0 bridgehead atoms. The van der Waals surface area contributed by atoms with E-state index < -0.39 is 0 Å². The van der Waals surface area contributed by atoms with Crippen LogP contribution < -0.4 is 5.32 Å². The van der Waals surface area contributed by atoms with Crippen LogP contribution >= 0.6 is 0 Å². The van der Waals surface area contributed by atoms with E-state index in [1.807, 2.05) is 31.2 Å². The summed E-state index contributed by atoms with van der Waals surface area (Å²) in [5.74, 6) is -0.208. The SMILES string of the molecule is Cc1ccc(CNC(=O)[C@@H]2CCCN(C(=O)c3ccoc3)C2)cc1. The van der Waals surface area contributed by atoms with Gasteiger partial charge in [0, 0.05) is 19.6 Å². The molecular formula is C19H22N2O3. The minimum absolute atomic E-state index is 0.0141. The predicted octanol–water partition coefficient (Wildman–Crippen LogP) is 2.76. The van der Waals surface area contributed by atoms with Crippen molar-refractivity contribution < 1.29 is 14.0 Å². The van der Waals surface area contributed by atoms with Gasteiger partial charge in [0.2, 0.25) is 5.91 Å². The van der Waals surface area contributed by atoms with E-state index in [1.54, 1.807) is 11.0 Å². The van der Waals surface area contributed by atoms with Crippen LogP contribution in [-0.2, 0) is 11.3 Å². The Morgan fingerprint density at radius 2 is 2.04 bits per heavy atom. The van der Waals surface area contributed by atoms with Crippen LogP contribution in [0.2, 0.25) is 0 Å². The van der Waals surface area contributed by atoms with Crippen molar-refractivity contribution in [3.05, 3.63) is 59.5 Å². The Hall–Kier alpha value is -2.56. The van der Waals surface area contributed by atoms with E-state index in [4.69, 9.17) is 4.42 Å². The van der Waals surface area contributed by atoms with Gasteiger partial charge < -0.3 is 14.6 Å². The Labute approximate surface area is 141 Å². The first-order valence-electron chi connectivity index (χ1n) is 8.28. The number of nitrogens with one attached hydrogen (secondary N) is 1. The van der Waals surface area contributed by atoms with Gasteiger partial charge in [0.1, 0.15) is 6.26 Å². The lowest BCUT2D eigenvalue weighted by molar-refractivity contribution is -0.126. The summed E-state index contributed by atoms with van der Waals surface area (Å²) in [4.78, 5) is 26.5. The topological polar surface area (TPSA) is 62.6 Å². The standard InChI is InChI=1S/C19H22N2O3/c1-14-4-6-15(7-5-14)11-20-18(22)16-3-2-9-21(12-16)19(23)17-8-10-24-13-17/h4-8,10,13,16H,2-3,9,11-12H2,1H3,(H,20,22)/t16-/m1/s1. The molecule has 1 fully saturated rings. The van der Waals surface area contributed by atoms with Gasteiger partial charge in [0.15, 0.2) is 0 Å². The van der Waals surface area contributed by atoms with E-state index >= 15 is 0 Å². The van der Waals surface area contributed by atoms with Crippen LogP contribution in [-0.4, -0.2) is 29.8 Å². The van der Waals surface area contributed by atoms with Gasteiger partial charge in [-0.1, -0.05) is 29.8 Å². The third-order valence-corrected chi connectivity index (χ3v) is 4.43. The van der Waals surface area contributed by atoms with Gasteiger partial charge in [0.25, 0.3) is 5.91 Å². The molecule has 1 aliphatic heterocycles. The van der Waals surface area contributed by atoms with E-state index in [0.29, 0.717) is 25.2 Å². The molecule has 1 aromatic carbocycles. The van der Waals surface area contributed by atoms with Crippen molar-refractivity contribution in [3.63, 3.8) is 0 Å². The zero-order valence-electron chi connectivity index (χ0n) is 13.8. The number of hydrogen-bond acceptors (Lipinski definition) is 3. The number of carbonyl (C=O) groups is 2. The maximum Gasteiger partial charge on any atom is 0.257 e. The molecule has 1 N–H and O–H groups in total. The minimum Gasteiger partial charge on any atom is -0.472 e. The highest BCUT2D eigenvalue weighted by atomic mass is 16.3. The van der Waals surface area contributed by atoms with Gasteiger partial charge >= 0.3 is 0 Å². The number of nitrogens with zero attached hydrogens (tertiary/aromatic N) is 1. The third kappa shape index (κ3) is 3.85. The summed E-state index contributed by atoms with van der Waals surface area (Å²) < 4.78 is 4.97. The first kappa shape index (κ1) is 16.3. The molecule has 3 rings (SSSR count). The number of likely N-dealkylation sites (tertiary alicyclic amines) is 1. The molecule has 24 heavy (non-hydrogen) atoms. The third-order valence-electron chi connectivity index (χ3n) is 4.43. The molecule has 2 amide bonds. The highest BCUT2D eigenvalue weighted by Gasteiger charge is 2.29. The Kier molecular flexibility index (Phi) is 4.99. The summed E-state index contributed by atoms with van der Waals surface area (Å²) in [7, 11) is 0. The van der Waals surface area contributed by atoms with Crippen LogP contribution in [0.5, 0.6) is 0 Å². The van der Waals surface area contributed by atoms with Crippen LogP contribution in [0, 0.1) is 12.8 Å². The molecular weight excluding hydrogens is 304 g/mol. The molecule has 0 radical (unpaired) electrons. The number of carbonyl (C=O) groups excluding carboxylic acids is 2. The zero-order chi connectivity index (χ0) is 16.9. The fourth-order valence-electron chi connectivity index (χ4n) is 2.98. The summed E-state index contributed by atoms with van der Waals surface area (Å²) in [6, 6.07) is 9.76. The molecule has 126 valence electrons. The fourth-order valence-corrected chi connectivity index (χ4v) is 2.98. The maximum atomic E-state index is 12.4. The molecule has 1 aliphatic rings. The average molecular weight is 326 g/mol. The van der Waals surface area contributed by atoms with Crippen LogP contribution in [0.3, 0.4) is 0 Å². The normalized spacial score (nSPS) is 17.5. The van der Waals surface area contributed by atoms with E-state index in [0.717, 1.165) is 18.4 Å². The zero-order valence-corrected chi connectivity index (χ0v) is 13.8. The van der Waals surface area contributed by atoms with Gasteiger partial charge in [-0.05, 0) is 31.4 Å². The number of piperidine rings is 1. The molecule has 1 saturated heterocycles. The molecule has 0 spiro atoms. The Morgan fingerprint density at radius 1 is 1.25 bits per heavy atom. The molecule has 0 unspecified atom stereocenters. The molecule has 5 nitrogen and oxygen atoms in total. The lowest BCUT2D eigenvalue weighted by atomic mass is 9.96. The number of rotatable bonds is 4. The van der Waals surface area contributed by atoms with Gasteiger partial charge in [-0.15, -0.1) is 0 Å². The lowest BCUT2D eigenvalue weighted by Gasteiger charge is -2.31. The van der Waals surface area contributed by atoms with Crippen molar-refractivity contribution in [1.82, 2.24) is 10.2 Å². The highest BCUT2D eigenvalue weighted by Crippen LogP contribution is 2.19. The smallest absolute Gasteiger partial charge is 0.257 e. The van der Waals surface area contributed by atoms with Crippen molar-refractivity contribution in [2.45, 2.75) is 26.3 Å². The van der Waals surface area contributed by atoms with Gasteiger partial charge in [-0.25, -0.2) is 0 Å². The monoisotopic (exact) mass is 326 g/mol. The largest absolute Gasteiger partial charge is 0.472 e. The molecule has 0 saturated carbocycles. The summed E-state index contributed by atoms with van der Waals surface area (Å²) in [6.07, 6.45) is 4.59. The Balaban J connectivity index is 1.55. The van der Waals surface area contributed by atoms with E-state index in [2.05, 4.69) is 5.32 Å². The van der Waals surface area contributed by atoms with Crippen molar-refractivity contribution in [3.8, 4) is 0 Å². The number of aryl methyl sites for hydroxylation is 1. The Morgan fingerprint density at radius 3 is 2.75 bits per heavy atom. The van der Waals surface area contributed by atoms with Crippen molar-refractivity contribution in [1.29, 1.82) is 0 Å². The average Bonchev–Trinajstić information content (AvgIpc) is 3.15. The highest BCUT2D eigenvalue weighted by molar-refractivity contribution is 5.94. The lowest BCUT2D eigenvalue weighted by Crippen LogP contribution is -2.45. The second-order valence-electron chi connectivity index (χ2n) is 6.31. The van der Waals surface area contributed by atoms with E-state index in [1.165, 1.54) is 18.1 Å². The summed E-state index contributed by atoms with van der Waals surface area (Å²) in [5, 5.41) is 2.99. The van der Waals surface area contributed by atoms with E-state index in [-0.39, 0.29) is 17.7 Å². The number of amides is 2. The summed E-state index contributed by atoms with van der Waals surface area (Å²) in [6.45, 7) is 3.71. The number of benzene rings is 1. The molecule has 0 aliphatic carbocycles. The van der Waals surface area contributed by atoms with Gasteiger partial charge in [-0.2, -0.15) is 0 Å². The first-order valence-corrected chi connectivity index (χ1v) is 8.28. The second kappa shape index (κ2) is 7.34. The molecule has 5 heteroatoms.